The summed E-state index contributed by atoms with van der Waals surface area (Å²) in [4.78, 5) is 38.2. The lowest BCUT2D eigenvalue weighted by Gasteiger charge is -2.13. The molecule has 34 heavy (non-hydrogen) atoms. The van der Waals surface area contributed by atoms with E-state index in [1.54, 1.807) is 48.5 Å². The average molecular weight is 540 g/mol. The molecule has 172 valence electrons. The summed E-state index contributed by atoms with van der Waals surface area (Å²) in [6.07, 6.45) is 0. The number of carbonyl (C=O) groups excluding carboxylic acids is 3. The molecule has 0 bridgehead atoms. The fourth-order valence-corrected chi connectivity index (χ4v) is 3.91. The second kappa shape index (κ2) is 10.1. The average Bonchev–Trinajstić information content (AvgIpc) is 3.15. The second-order valence-corrected chi connectivity index (χ2v) is 8.99. The van der Waals surface area contributed by atoms with Crippen LogP contribution in [0, 0.1) is 6.92 Å². The van der Waals surface area contributed by atoms with Gasteiger partial charge in [0.1, 0.15) is 5.69 Å². The van der Waals surface area contributed by atoms with Crippen LogP contribution in [0.1, 0.15) is 21.6 Å². The molecule has 3 N–H and O–H groups in total. The fraction of sp³-hybridized carbons (Fsp3) is 0.0800. The van der Waals surface area contributed by atoms with Gasteiger partial charge in [-0.15, -0.1) is 0 Å². The highest BCUT2D eigenvalue weighted by atomic mass is 79.9. The first-order valence-electron chi connectivity index (χ1n) is 10.3. The summed E-state index contributed by atoms with van der Waals surface area (Å²) in [5.74, 6) is -2.17. The van der Waals surface area contributed by atoms with Crippen LogP contribution in [0.4, 0.5) is 5.69 Å². The smallest absolute Gasteiger partial charge is 0.328 e. The first-order valence-corrected chi connectivity index (χ1v) is 11.5. The normalized spacial score (nSPS) is 10.7. The molecule has 0 radical (unpaired) electrons. The molecule has 1 heterocycles. The van der Waals surface area contributed by atoms with E-state index in [1.807, 2.05) is 31.2 Å². The molecule has 0 saturated carbocycles. The van der Waals surface area contributed by atoms with Crippen molar-refractivity contribution >= 4 is 61.8 Å². The lowest BCUT2D eigenvalue weighted by molar-refractivity contribution is -0.136. The van der Waals surface area contributed by atoms with Crippen LogP contribution in [0.15, 0.2) is 77.3 Å². The van der Waals surface area contributed by atoms with E-state index in [0.717, 1.165) is 15.6 Å². The van der Waals surface area contributed by atoms with Gasteiger partial charge >= 0.3 is 11.8 Å². The molecule has 0 saturated heterocycles. The van der Waals surface area contributed by atoms with Gasteiger partial charge in [-0.1, -0.05) is 51.8 Å². The number of fused-ring (bicyclic) bond motifs is 1. The van der Waals surface area contributed by atoms with Crippen LogP contribution in [-0.4, -0.2) is 22.4 Å². The molecule has 9 heteroatoms. The summed E-state index contributed by atoms with van der Waals surface area (Å²) in [6.45, 7) is 2.08. The summed E-state index contributed by atoms with van der Waals surface area (Å²) in [6, 6.07) is 21.3. The standard InChI is InChI=1S/C25H20BrClN4O3/c1-15-3-2-4-20(11-15)29-23(32)22-13-17-12-18(26)7-10-21(17)31(22)30-25(34)24(33)28-14-16-5-8-19(27)9-6-16/h2-13H,14H2,1H3,(H,28,33)(H,29,32)(H,30,34). The molecule has 0 atom stereocenters. The molecule has 3 aromatic carbocycles. The molecule has 3 amide bonds. The zero-order valence-corrected chi connectivity index (χ0v) is 20.4. The van der Waals surface area contributed by atoms with E-state index in [1.165, 1.54) is 4.68 Å². The number of nitrogens with zero attached hydrogens (tertiary/aromatic N) is 1. The highest BCUT2D eigenvalue weighted by Gasteiger charge is 2.21. The minimum absolute atomic E-state index is 0.156. The molecule has 0 aliphatic heterocycles. The zero-order chi connectivity index (χ0) is 24.2. The molecule has 7 nitrogen and oxygen atoms in total. The molecule has 0 fully saturated rings. The maximum Gasteiger partial charge on any atom is 0.328 e. The van der Waals surface area contributed by atoms with Crippen LogP contribution >= 0.6 is 27.5 Å². The van der Waals surface area contributed by atoms with Crippen molar-refractivity contribution in [2.75, 3.05) is 10.7 Å². The van der Waals surface area contributed by atoms with Crippen molar-refractivity contribution in [3.8, 4) is 0 Å². The van der Waals surface area contributed by atoms with Crippen LogP contribution in [-0.2, 0) is 16.1 Å². The number of rotatable bonds is 5. The molecule has 0 unspecified atom stereocenters. The van der Waals surface area contributed by atoms with Crippen molar-refractivity contribution in [2.45, 2.75) is 13.5 Å². The largest absolute Gasteiger partial charge is 0.344 e. The Morgan fingerprint density at radius 1 is 0.941 bits per heavy atom. The number of nitrogens with one attached hydrogen (secondary N) is 3. The number of anilines is 1. The minimum atomic E-state index is -0.904. The summed E-state index contributed by atoms with van der Waals surface area (Å²) < 4.78 is 2.13. The number of aromatic nitrogens is 1. The van der Waals surface area contributed by atoms with Crippen LogP contribution in [0.5, 0.6) is 0 Å². The summed E-state index contributed by atoms with van der Waals surface area (Å²) in [5.41, 5.74) is 5.69. The lowest BCUT2D eigenvalue weighted by Crippen LogP contribution is -2.39. The van der Waals surface area contributed by atoms with Gasteiger partial charge in [0.25, 0.3) is 5.91 Å². The number of halogens is 2. The van der Waals surface area contributed by atoms with E-state index < -0.39 is 17.7 Å². The Morgan fingerprint density at radius 3 is 2.44 bits per heavy atom. The van der Waals surface area contributed by atoms with Gasteiger partial charge in [0.15, 0.2) is 0 Å². The molecule has 4 rings (SSSR count). The topological polar surface area (TPSA) is 92.2 Å². The number of hydrogen-bond acceptors (Lipinski definition) is 3. The Kier molecular flexibility index (Phi) is 7.00. The predicted octanol–water partition coefficient (Wildman–Crippen LogP) is 5.00. The Balaban J connectivity index is 1.56. The Bertz CT molecular complexity index is 1400. The van der Waals surface area contributed by atoms with Gasteiger partial charge in [-0.3, -0.25) is 19.8 Å². The van der Waals surface area contributed by atoms with E-state index in [2.05, 4.69) is 32.0 Å². The van der Waals surface area contributed by atoms with E-state index in [9.17, 15) is 14.4 Å². The van der Waals surface area contributed by atoms with Crippen LogP contribution in [0.25, 0.3) is 10.9 Å². The van der Waals surface area contributed by atoms with Crippen LogP contribution in [0.3, 0.4) is 0 Å². The molecule has 0 aliphatic rings. The summed E-state index contributed by atoms with van der Waals surface area (Å²) in [5, 5.41) is 6.69. The van der Waals surface area contributed by atoms with Crippen LogP contribution < -0.4 is 16.1 Å². The SMILES string of the molecule is Cc1cccc(NC(=O)c2cc3cc(Br)ccc3n2NC(=O)C(=O)NCc2ccc(Cl)cc2)c1. The lowest BCUT2D eigenvalue weighted by atomic mass is 10.2. The van der Waals surface area contributed by atoms with E-state index in [4.69, 9.17) is 11.6 Å². The second-order valence-electron chi connectivity index (χ2n) is 7.64. The third kappa shape index (κ3) is 5.47. The first kappa shape index (κ1) is 23.5. The Morgan fingerprint density at radius 2 is 1.71 bits per heavy atom. The van der Waals surface area contributed by atoms with Crippen molar-refractivity contribution in [3.05, 3.63) is 99.1 Å². The van der Waals surface area contributed by atoms with Gasteiger partial charge in [0, 0.05) is 27.1 Å². The fourth-order valence-electron chi connectivity index (χ4n) is 3.41. The first-order chi connectivity index (χ1) is 16.3. The number of amides is 3. The number of hydrogen-bond donors (Lipinski definition) is 3. The minimum Gasteiger partial charge on any atom is -0.344 e. The van der Waals surface area contributed by atoms with Crippen molar-refractivity contribution in [2.24, 2.45) is 0 Å². The third-order valence-corrected chi connectivity index (χ3v) is 5.80. The number of carbonyl (C=O) groups is 3. The number of benzene rings is 3. The molecule has 0 aliphatic carbocycles. The summed E-state index contributed by atoms with van der Waals surface area (Å²) >= 11 is 9.29. The van der Waals surface area contributed by atoms with E-state index in [0.29, 0.717) is 21.6 Å². The Hall–Kier alpha value is -3.62. The van der Waals surface area contributed by atoms with Gasteiger partial charge < -0.3 is 10.6 Å². The summed E-state index contributed by atoms with van der Waals surface area (Å²) in [7, 11) is 0. The molecule has 0 spiro atoms. The predicted molar refractivity (Wildman–Crippen MR) is 136 cm³/mol. The van der Waals surface area contributed by atoms with E-state index >= 15 is 0 Å². The maximum absolute atomic E-state index is 13.1. The third-order valence-electron chi connectivity index (χ3n) is 5.06. The molecule has 4 aromatic rings. The van der Waals surface area contributed by atoms with E-state index in [-0.39, 0.29) is 12.2 Å². The van der Waals surface area contributed by atoms with Gasteiger partial charge in [0.05, 0.1) is 5.52 Å². The molecular formula is C25H20BrClN4O3. The van der Waals surface area contributed by atoms with Gasteiger partial charge in [-0.05, 0) is 66.6 Å². The van der Waals surface area contributed by atoms with Crippen molar-refractivity contribution < 1.29 is 14.4 Å². The highest BCUT2D eigenvalue weighted by Crippen LogP contribution is 2.24. The monoisotopic (exact) mass is 538 g/mol. The highest BCUT2D eigenvalue weighted by molar-refractivity contribution is 9.10. The molecular weight excluding hydrogens is 520 g/mol. The maximum atomic E-state index is 13.1. The van der Waals surface area contributed by atoms with Crippen LogP contribution in [0.2, 0.25) is 5.02 Å². The number of aryl methyl sites for hydroxylation is 1. The Labute approximate surface area is 209 Å². The zero-order valence-electron chi connectivity index (χ0n) is 18.1. The van der Waals surface area contributed by atoms with Gasteiger partial charge in [0.2, 0.25) is 0 Å². The molecule has 1 aromatic heterocycles. The quantitative estimate of drug-likeness (QED) is 0.312. The van der Waals surface area contributed by atoms with Gasteiger partial charge in [-0.2, -0.15) is 0 Å². The van der Waals surface area contributed by atoms with Gasteiger partial charge in [-0.25, -0.2) is 4.68 Å². The van der Waals surface area contributed by atoms with Crippen molar-refractivity contribution in [1.29, 1.82) is 0 Å². The van der Waals surface area contributed by atoms with Crippen molar-refractivity contribution in [3.63, 3.8) is 0 Å². The van der Waals surface area contributed by atoms with Crippen molar-refractivity contribution in [1.82, 2.24) is 9.99 Å².